The van der Waals surface area contributed by atoms with Crippen molar-refractivity contribution >= 4 is 8.32 Å². The molecule has 2 N–H and O–H groups in total. The summed E-state index contributed by atoms with van der Waals surface area (Å²) in [4.78, 5) is 0. The predicted molar refractivity (Wildman–Crippen MR) is 87.0 cm³/mol. The number of aliphatic hydroxyl groups is 2. The second-order valence-electron chi connectivity index (χ2n) is 6.38. The van der Waals surface area contributed by atoms with E-state index in [2.05, 4.69) is 53.4 Å². The molecule has 0 fully saturated rings. The average molecular weight is 301 g/mol. The van der Waals surface area contributed by atoms with Gasteiger partial charge in [-0.1, -0.05) is 47.5 Å². The highest BCUT2D eigenvalue weighted by Crippen LogP contribution is 2.42. The van der Waals surface area contributed by atoms with Crippen LogP contribution in [0.2, 0.25) is 16.6 Å². The molecule has 0 saturated heterocycles. The van der Waals surface area contributed by atoms with E-state index < -0.39 is 20.3 Å². The van der Waals surface area contributed by atoms with Gasteiger partial charge in [-0.05, 0) is 23.5 Å². The van der Waals surface area contributed by atoms with Crippen LogP contribution >= 0.6 is 0 Å². The van der Waals surface area contributed by atoms with E-state index in [1.807, 2.05) is 0 Å². The van der Waals surface area contributed by atoms with Crippen LogP contribution in [0.4, 0.5) is 0 Å². The largest absolute Gasteiger partial charge is 0.413 e. The normalized spacial score (nSPS) is 15.4. The monoisotopic (exact) mass is 300 g/mol. The molecule has 0 rings (SSSR count). The third-order valence-electron chi connectivity index (χ3n) is 4.20. The molecule has 0 bridgehead atoms. The molecule has 118 valence electrons. The highest BCUT2D eigenvalue weighted by molar-refractivity contribution is 6.77. The Kier molecular flexibility index (Phi) is 8.68. The Hall–Kier alpha value is -0.343. The Bertz CT molecular complexity index is 307. The fraction of sp³-hybridized carbons (Fsp3) is 0.875. The average Bonchev–Trinajstić information content (AvgIpc) is 2.34. The molecule has 0 aliphatic rings. The molecule has 0 saturated carbocycles. The van der Waals surface area contributed by atoms with Gasteiger partial charge in [0.1, 0.15) is 0 Å². The lowest BCUT2D eigenvalue weighted by molar-refractivity contribution is 0.0473. The second-order valence-corrected chi connectivity index (χ2v) is 11.8. The van der Waals surface area contributed by atoms with E-state index in [0.29, 0.717) is 16.6 Å². The van der Waals surface area contributed by atoms with Crippen LogP contribution in [0.25, 0.3) is 0 Å². The lowest BCUT2D eigenvalue weighted by Gasteiger charge is -2.42. The summed E-state index contributed by atoms with van der Waals surface area (Å²) in [6.07, 6.45) is -0.726. The van der Waals surface area contributed by atoms with Gasteiger partial charge < -0.3 is 14.6 Å². The van der Waals surface area contributed by atoms with Crippen molar-refractivity contribution in [1.82, 2.24) is 0 Å². The number of rotatable bonds is 8. The zero-order valence-electron chi connectivity index (χ0n) is 14.1. The van der Waals surface area contributed by atoms with E-state index in [9.17, 15) is 10.2 Å². The standard InChI is InChI=1S/C16H32O3Si/c1-8-9-15(10-17)16(18)11-19-20(12(2)3,13(4)5)14(6)7/h12-18H,10-11H2,1-7H3. The Morgan fingerprint density at radius 3 is 1.75 bits per heavy atom. The van der Waals surface area contributed by atoms with Crippen LogP contribution in [0.1, 0.15) is 48.5 Å². The van der Waals surface area contributed by atoms with Gasteiger partial charge in [-0.25, -0.2) is 0 Å². The van der Waals surface area contributed by atoms with E-state index in [1.54, 1.807) is 6.92 Å². The van der Waals surface area contributed by atoms with E-state index in [0.717, 1.165) is 0 Å². The quantitative estimate of drug-likeness (QED) is 0.535. The second kappa shape index (κ2) is 8.84. The fourth-order valence-electron chi connectivity index (χ4n) is 3.29. The van der Waals surface area contributed by atoms with Crippen LogP contribution in [-0.4, -0.2) is 37.8 Å². The molecule has 2 unspecified atom stereocenters. The minimum absolute atomic E-state index is 0.134. The summed E-state index contributed by atoms with van der Waals surface area (Å²) in [5.74, 6) is 5.17. The van der Waals surface area contributed by atoms with Crippen LogP contribution in [0.3, 0.4) is 0 Å². The van der Waals surface area contributed by atoms with Gasteiger partial charge in [-0.3, -0.25) is 0 Å². The van der Waals surface area contributed by atoms with E-state index in [1.165, 1.54) is 0 Å². The molecule has 0 aromatic rings. The number of hydrogen-bond acceptors (Lipinski definition) is 3. The molecule has 0 aliphatic heterocycles. The molecule has 20 heavy (non-hydrogen) atoms. The van der Waals surface area contributed by atoms with Gasteiger partial charge in [-0.15, -0.1) is 5.92 Å². The zero-order valence-corrected chi connectivity index (χ0v) is 15.1. The number of hydrogen-bond donors (Lipinski definition) is 2. The van der Waals surface area contributed by atoms with Crippen molar-refractivity contribution in [3.8, 4) is 11.8 Å². The van der Waals surface area contributed by atoms with E-state index in [-0.39, 0.29) is 13.2 Å². The van der Waals surface area contributed by atoms with Crippen LogP contribution in [-0.2, 0) is 4.43 Å². The molecule has 0 spiro atoms. The van der Waals surface area contributed by atoms with Crippen molar-refractivity contribution in [2.24, 2.45) is 5.92 Å². The minimum Gasteiger partial charge on any atom is -0.413 e. The maximum absolute atomic E-state index is 10.2. The van der Waals surface area contributed by atoms with Gasteiger partial charge in [0.15, 0.2) is 8.32 Å². The molecule has 0 radical (unpaired) electrons. The molecule has 3 nitrogen and oxygen atoms in total. The highest BCUT2D eigenvalue weighted by Gasteiger charge is 2.45. The molecule has 0 aliphatic carbocycles. The van der Waals surface area contributed by atoms with Gasteiger partial charge in [0.2, 0.25) is 0 Å². The Balaban J connectivity index is 4.97. The molecule has 4 heteroatoms. The third kappa shape index (κ3) is 4.59. The summed E-state index contributed by atoms with van der Waals surface area (Å²) in [6, 6.07) is 0. The van der Waals surface area contributed by atoms with Gasteiger partial charge in [0.25, 0.3) is 0 Å². The van der Waals surface area contributed by atoms with Crippen molar-refractivity contribution < 1.29 is 14.6 Å². The maximum atomic E-state index is 10.2. The third-order valence-corrected chi connectivity index (χ3v) is 10.3. The molecule has 0 aromatic heterocycles. The zero-order chi connectivity index (χ0) is 15.9. The van der Waals surface area contributed by atoms with Crippen molar-refractivity contribution in [3.63, 3.8) is 0 Å². The van der Waals surface area contributed by atoms with Crippen molar-refractivity contribution in [3.05, 3.63) is 0 Å². The summed E-state index contributed by atoms with van der Waals surface area (Å²) < 4.78 is 6.31. The summed E-state index contributed by atoms with van der Waals surface area (Å²) in [5.41, 5.74) is 1.46. The first-order valence-corrected chi connectivity index (χ1v) is 9.73. The summed E-state index contributed by atoms with van der Waals surface area (Å²) in [7, 11) is -1.96. The van der Waals surface area contributed by atoms with E-state index in [4.69, 9.17) is 4.43 Å². The molecule has 0 heterocycles. The first-order valence-electron chi connectivity index (χ1n) is 7.59. The first kappa shape index (κ1) is 19.7. The molecule has 0 amide bonds. The lowest BCUT2D eigenvalue weighted by Crippen LogP contribution is -2.49. The van der Waals surface area contributed by atoms with Crippen molar-refractivity contribution in [2.45, 2.75) is 71.2 Å². The van der Waals surface area contributed by atoms with Gasteiger partial charge in [0, 0.05) is 0 Å². The topological polar surface area (TPSA) is 49.7 Å². The van der Waals surface area contributed by atoms with Gasteiger partial charge in [0.05, 0.1) is 25.2 Å². The molecule has 2 atom stereocenters. The fourth-order valence-corrected chi connectivity index (χ4v) is 8.75. The summed E-state index contributed by atoms with van der Waals surface area (Å²) >= 11 is 0. The SMILES string of the molecule is CC#CC(CO)C(O)CO[Si](C(C)C)(C(C)C)C(C)C. The van der Waals surface area contributed by atoms with Crippen LogP contribution in [0.5, 0.6) is 0 Å². The molecular formula is C16H32O3Si. The van der Waals surface area contributed by atoms with Crippen LogP contribution < -0.4 is 0 Å². The lowest BCUT2D eigenvalue weighted by atomic mass is 10.1. The molecular weight excluding hydrogens is 268 g/mol. The summed E-state index contributed by atoms with van der Waals surface area (Å²) in [6.45, 7) is 15.1. The Labute approximate surface area is 125 Å². The minimum atomic E-state index is -1.96. The summed E-state index contributed by atoms with van der Waals surface area (Å²) in [5, 5.41) is 19.5. The maximum Gasteiger partial charge on any atom is 0.200 e. The van der Waals surface area contributed by atoms with Crippen molar-refractivity contribution in [1.29, 1.82) is 0 Å². The Morgan fingerprint density at radius 1 is 1.00 bits per heavy atom. The van der Waals surface area contributed by atoms with Crippen LogP contribution in [0.15, 0.2) is 0 Å². The Morgan fingerprint density at radius 2 is 1.45 bits per heavy atom. The van der Waals surface area contributed by atoms with Gasteiger partial charge in [-0.2, -0.15) is 0 Å². The van der Waals surface area contributed by atoms with Crippen molar-refractivity contribution in [2.75, 3.05) is 13.2 Å². The predicted octanol–water partition coefficient (Wildman–Crippen LogP) is 3.17. The smallest absolute Gasteiger partial charge is 0.200 e. The van der Waals surface area contributed by atoms with E-state index >= 15 is 0 Å². The highest BCUT2D eigenvalue weighted by atomic mass is 28.4. The number of aliphatic hydroxyl groups excluding tert-OH is 2. The van der Waals surface area contributed by atoms with Crippen LogP contribution in [0, 0.1) is 17.8 Å². The first-order chi connectivity index (χ1) is 9.23. The van der Waals surface area contributed by atoms with Gasteiger partial charge >= 0.3 is 0 Å². The molecule has 0 aromatic carbocycles.